The van der Waals surface area contributed by atoms with Crippen LogP contribution < -0.4 is 19.7 Å². The van der Waals surface area contributed by atoms with Crippen LogP contribution in [-0.2, 0) is 16.0 Å². The molecule has 0 aromatic heterocycles. The highest BCUT2D eigenvalue weighted by molar-refractivity contribution is 5.97. The van der Waals surface area contributed by atoms with Crippen molar-refractivity contribution in [1.29, 1.82) is 0 Å². The van der Waals surface area contributed by atoms with E-state index >= 15 is 0 Å². The lowest BCUT2D eigenvalue weighted by atomic mass is 10.1. The summed E-state index contributed by atoms with van der Waals surface area (Å²) >= 11 is 0. The molecule has 28 heavy (non-hydrogen) atoms. The van der Waals surface area contributed by atoms with Crippen LogP contribution in [0.5, 0.6) is 11.5 Å². The summed E-state index contributed by atoms with van der Waals surface area (Å²) < 4.78 is 10.5. The molecule has 0 bridgehead atoms. The van der Waals surface area contributed by atoms with Gasteiger partial charge in [-0.2, -0.15) is 0 Å². The summed E-state index contributed by atoms with van der Waals surface area (Å²) in [6.45, 7) is 0.457. The van der Waals surface area contributed by atoms with Gasteiger partial charge in [0.2, 0.25) is 11.8 Å². The maximum absolute atomic E-state index is 12.4. The van der Waals surface area contributed by atoms with Gasteiger partial charge in [0.1, 0.15) is 0 Å². The van der Waals surface area contributed by atoms with E-state index < -0.39 is 0 Å². The van der Waals surface area contributed by atoms with Crippen molar-refractivity contribution in [3.05, 3.63) is 54.1 Å². The topological polar surface area (TPSA) is 67.9 Å². The summed E-state index contributed by atoms with van der Waals surface area (Å²) in [5.74, 6) is 1.16. The predicted octanol–water partition coefficient (Wildman–Crippen LogP) is 2.95. The van der Waals surface area contributed by atoms with Crippen LogP contribution in [0.15, 0.2) is 48.5 Å². The molecule has 1 N–H and O–H groups in total. The molecule has 2 aromatic rings. The van der Waals surface area contributed by atoms with E-state index in [1.54, 1.807) is 31.3 Å². The maximum Gasteiger partial charge on any atom is 0.229 e. The maximum atomic E-state index is 12.4. The summed E-state index contributed by atoms with van der Waals surface area (Å²) in [7, 11) is 3.13. The van der Waals surface area contributed by atoms with E-state index in [9.17, 15) is 9.59 Å². The average Bonchev–Trinajstić information content (AvgIpc) is 3.08. The number of nitrogens with zero attached hydrogens (tertiary/aromatic N) is 1. The van der Waals surface area contributed by atoms with Crippen LogP contribution in [-0.4, -0.2) is 38.6 Å². The second kappa shape index (κ2) is 9.26. The van der Waals surface area contributed by atoms with Gasteiger partial charge in [-0.25, -0.2) is 0 Å². The van der Waals surface area contributed by atoms with Crippen LogP contribution >= 0.6 is 0 Å². The van der Waals surface area contributed by atoms with E-state index in [1.807, 2.05) is 24.3 Å². The molecule has 1 aliphatic rings. The van der Waals surface area contributed by atoms with Gasteiger partial charge < -0.3 is 19.7 Å². The lowest BCUT2D eigenvalue weighted by Gasteiger charge is -2.19. The molecule has 1 fully saturated rings. The van der Waals surface area contributed by atoms with Gasteiger partial charge in [-0.05, 0) is 30.5 Å². The van der Waals surface area contributed by atoms with E-state index in [2.05, 4.69) is 17.4 Å². The molecule has 0 unspecified atom stereocenters. The molecule has 1 atom stereocenters. The van der Waals surface area contributed by atoms with Gasteiger partial charge in [-0.3, -0.25) is 9.59 Å². The summed E-state index contributed by atoms with van der Waals surface area (Å²) in [5, 5.41) is 2.99. The zero-order chi connectivity index (χ0) is 19.9. The molecule has 6 heteroatoms. The van der Waals surface area contributed by atoms with Crippen molar-refractivity contribution < 1.29 is 19.1 Å². The molecule has 0 aliphatic carbocycles. The van der Waals surface area contributed by atoms with Crippen LogP contribution in [0.25, 0.3) is 0 Å². The van der Waals surface area contributed by atoms with Crippen molar-refractivity contribution >= 4 is 17.5 Å². The van der Waals surface area contributed by atoms with Crippen LogP contribution in [0.1, 0.15) is 24.8 Å². The molecule has 148 valence electrons. The van der Waals surface area contributed by atoms with Crippen LogP contribution in [0, 0.1) is 0 Å². The first-order chi connectivity index (χ1) is 13.6. The van der Waals surface area contributed by atoms with Crippen molar-refractivity contribution in [3.8, 4) is 11.5 Å². The first kappa shape index (κ1) is 19.7. The Morgan fingerprint density at radius 3 is 2.57 bits per heavy atom. The predicted molar refractivity (Wildman–Crippen MR) is 108 cm³/mol. The summed E-state index contributed by atoms with van der Waals surface area (Å²) in [5.41, 5.74) is 1.97. The van der Waals surface area contributed by atoms with Gasteiger partial charge in [0.15, 0.2) is 11.5 Å². The average molecular weight is 382 g/mol. The first-order valence-corrected chi connectivity index (χ1v) is 9.46. The zero-order valence-corrected chi connectivity index (χ0v) is 16.3. The second-order valence-corrected chi connectivity index (χ2v) is 6.85. The number of carbonyl (C=O) groups excluding carboxylic acids is 2. The fourth-order valence-electron chi connectivity index (χ4n) is 3.44. The second-order valence-electron chi connectivity index (χ2n) is 6.85. The highest BCUT2D eigenvalue weighted by atomic mass is 16.5. The Hall–Kier alpha value is -3.02. The highest BCUT2D eigenvalue weighted by Crippen LogP contribution is 2.33. The van der Waals surface area contributed by atoms with Crippen molar-refractivity contribution in [2.45, 2.75) is 31.7 Å². The molecule has 0 radical (unpaired) electrons. The Kier molecular flexibility index (Phi) is 6.53. The summed E-state index contributed by atoms with van der Waals surface area (Å²) in [4.78, 5) is 26.3. The minimum absolute atomic E-state index is 0.0112. The van der Waals surface area contributed by atoms with Gasteiger partial charge in [-0.15, -0.1) is 0 Å². The molecule has 3 rings (SSSR count). The van der Waals surface area contributed by atoms with E-state index in [0.717, 1.165) is 18.5 Å². The van der Waals surface area contributed by atoms with Gasteiger partial charge in [-0.1, -0.05) is 30.3 Å². The molecule has 2 amide bonds. The molecule has 0 spiro atoms. The number of rotatable bonds is 8. The largest absolute Gasteiger partial charge is 0.493 e. The van der Waals surface area contributed by atoms with Gasteiger partial charge in [0.05, 0.1) is 20.3 Å². The van der Waals surface area contributed by atoms with Crippen LogP contribution in [0.4, 0.5) is 5.69 Å². The quantitative estimate of drug-likeness (QED) is 0.762. The normalized spacial score (nSPS) is 16.1. The van der Waals surface area contributed by atoms with Gasteiger partial charge in [0.25, 0.3) is 0 Å². The number of methoxy groups -OCH3 is 2. The molecule has 2 aromatic carbocycles. The molecule has 0 saturated carbocycles. The third-order valence-corrected chi connectivity index (χ3v) is 4.88. The Morgan fingerprint density at radius 1 is 1.11 bits per heavy atom. The highest BCUT2D eigenvalue weighted by Gasteiger charge is 2.31. The lowest BCUT2D eigenvalue weighted by molar-refractivity contribution is -0.121. The SMILES string of the molecule is COc1ccc(N2C[C@H](NC(=O)CCCc3ccccc3)CC2=O)cc1OC. The third kappa shape index (κ3) is 4.82. The van der Waals surface area contributed by atoms with Crippen molar-refractivity contribution in [1.82, 2.24) is 5.32 Å². The molecule has 6 nitrogen and oxygen atoms in total. The molecular formula is C22H26N2O4. The number of anilines is 1. The smallest absolute Gasteiger partial charge is 0.229 e. The number of amides is 2. The minimum Gasteiger partial charge on any atom is -0.493 e. The molecular weight excluding hydrogens is 356 g/mol. The number of hydrogen-bond donors (Lipinski definition) is 1. The Labute approximate surface area is 165 Å². The number of benzene rings is 2. The van der Waals surface area contributed by atoms with Gasteiger partial charge in [0, 0.05) is 31.1 Å². The van der Waals surface area contributed by atoms with Crippen LogP contribution in [0.2, 0.25) is 0 Å². The Bertz CT molecular complexity index is 823. The molecule has 1 saturated heterocycles. The summed E-state index contributed by atoms with van der Waals surface area (Å²) in [6, 6.07) is 15.3. The van der Waals surface area contributed by atoms with Crippen molar-refractivity contribution in [2.24, 2.45) is 0 Å². The fourth-order valence-corrected chi connectivity index (χ4v) is 3.44. The van der Waals surface area contributed by atoms with E-state index in [0.29, 0.717) is 30.9 Å². The minimum atomic E-state index is -0.176. The fraction of sp³-hybridized carbons (Fsp3) is 0.364. The number of ether oxygens (including phenoxy) is 2. The van der Waals surface area contributed by atoms with Crippen molar-refractivity contribution in [3.63, 3.8) is 0 Å². The van der Waals surface area contributed by atoms with E-state index in [4.69, 9.17) is 9.47 Å². The number of aryl methyl sites for hydroxylation is 1. The third-order valence-electron chi connectivity index (χ3n) is 4.88. The van der Waals surface area contributed by atoms with Crippen LogP contribution in [0.3, 0.4) is 0 Å². The number of nitrogens with one attached hydrogen (secondary N) is 1. The van der Waals surface area contributed by atoms with E-state index in [1.165, 1.54) is 5.56 Å². The Morgan fingerprint density at radius 2 is 1.86 bits per heavy atom. The lowest BCUT2D eigenvalue weighted by Crippen LogP contribution is -2.37. The summed E-state index contributed by atoms with van der Waals surface area (Å²) in [6.07, 6.45) is 2.42. The Balaban J connectivity index is 1.52. The number of carbonyl (C=O) groups is 2. The van der Waals surface area contributed by atoms with Crippen molar-refractivity contribution in [2.75, 3.05) is 25.7 Å². The molecule has 1 heterocycles. The number of hydrogen-bond acceptors (Lipinski definition) is 4. The van der Waals surface area contributed by atoms with E-state index in [-0.39, 0.29) is 17.9 Å². The van der Waals surface area contributed by atoms with Gasteiger partial charge >= 0.3 is 0 Å². The first-order valence-electron chi connectivity index (χ1n) is 9.46. The monoisotopic (exact) mass is 382 g/mol. The zero-order valence-electron chi connectivity index (χ0n) is 16.3. The molecule has 1 aliphatic heterocycles. The standard InChI is InChI=1S/C22H26N2O4/c1-27-19-12-11-18(14-20(19)28-2)24-15-17(13-22(24)26)23-21(25)10-6-9-16-7-4-3-5-8-16/h3-5,7-8,11-12,14,17H,6,9-10,13,15H2,1-2H3,(H,23,25)/t17-/m1/s1.